The average molecular weight is 492 g/mol. The minimum Gasteiger partial charge on any atom is -0.490 e. The monoisotopic (exact) mass is 492 g/mol. The first-order valence-electron chi connectivity index (χ1n) is 9.14. The Hall–Kier alpha value is -2.32. The number of benzene rings is 2. The molecule has 3 rings (SSSR count). The van der Waals surface area contributed by atoms with Crippen LogP contribution >= 0.6 is 11.8 Å². The van der Waals surface area contributed by atoms with Crippen molar-refractivity contribution in [1.29, 1.82) is 0 Å². The number of nitrogens with two attached hydrogens (primary N) is 1. The van der Waals surface area contributed by atoms with Gasteiger partial charge in [0.15, 0.2) is 5.56 Å². The van der Waals surface area contributed by atoms with Crippen molar-refractivity contribution in [3.8, 4) is 5.75 Å². The Morgan fingerprint density at radius 3 is 2.25 bits per heavy atom. The fourth-order valence-corrected chi connectivity index (χ4v) is 4.41. The second kappa shape index (κ2) is 9.67. The minimum absolute atomic E-state index is 0.131. The van der Waals surface area contributed by atoms with E-state index in [9.17, 15) is 31.5 Å². The summed E-state index contributed by atoms with van der Waals surface area (Å²) in [5, 5.41) is 16.3. The zero-order valence-electron chi connectivity index (χ0n) is 16.3. The highest BCUT2D eigenvalue weighted by atomic mass is 32.2. The van der Waals surface area contributed by atoms with Crippen molar-refractivity contribution in [2.24, 2.45) is 5.14 Å². The largest absolute Gasteiger partial charge is 0.490 e. The van der Waals surface area contributed by atoms with Gasteiger partial charge in [0.2, 0.25) is 5.91 Å². The van der Waals surface area contributed by atoms with Gasteiger partial charge in [0.1, 0.15) is 18.5 Å². The van der Waals surface area contributed by atoms with E-state index in [2.05, 4.69) is 5.32 Å². The molecule has 0 aromatic heterocycles. The predicted octanol–water partition coefficient (Wildman–Crippen LogP) is 2.10. The van der Waals surface area contributed by atoms with Gasteiger partial charge < -0.3 is 15.2 Å². The summed E-state index contributed by atoms with van der Waals surface area (Å²) in [5.74, 6) is 0.0783. The number of halogens is 3. The van der Waals surface area contributed by atoms with Crippen LogP contribution in [0.15, 0.2) is 48.5 Å². The van der Waals surface area contributed by atoms with E-state index in [4.69, 9.17) is 14.1 Å². The normalized spacial score (nSPS) is 20.1. The number of thioether (sulfide) groups is 1. The van der Waals surface area contributed by atoms with Gasteiger partial charge in [-0.1, -0.05) is 36.0 Å². The van der Waals surface area contributed by atoms with Gasteiger partial charge in [0.25, 0.3) is 0 Å². The molecule has 1 aliphatic rings. The lowest BCUT2D eigenvalue weighted by Crippen LogP contribution is -2.27. The van der Waals surface area contributed by atoms with Gasteiger partial charge >= 0.3 is 16.5 Å². The number of alkyl halides is 3. The van der Waals surface area contributed by atoms with Crippen LogP contribution in [-0.4, -0.2) is 36.8 Å². The predicted molar refractivity (Wildman–Crippen MR) is 110 cm³/mol. The molecule has 3 atom stereocenters. The molecule has 3 unspecified atom stereocenters. The summed E-state index contributed by atoms with van der Waals surface area (Å²) in [6.07, 6.45) is -5.42. The van der Waals surface area contributed by atoms with Crippen LogP contribution in [0.3, 0.4) is 0 Å². The van der Waals surface area contributed by atoms with E-state index in [1.807, 2.05) is 0 Å². The zero-order chi connectivity index (χ0) is 23.5. The van der Waals surface area contributed by atoms with E-state index in [-0.39, 0.29) is 18.1 Å². The van der Waals surface area contributed by atoms with E-state index in [0.717, 1.165) is 41.6 Å². The molecule has 0 bridgehead atoms. The Morgan fingerprint density at radius 2 is 1.75 bits per heavy atom. The molecule has 174 valence electrons. The summed E-state index contributed by atoms with van der Waals surface area (Å²) in [4.78, 5) is 11.7. The minimum atomic E-state index is -4.54. The lowest BCUT2D eigenvalue weighted by molar-refractivity contribution is -0.137. The maximum Gasteiger partial charge on any atom is 0.416 e. The molecule has 1 aliphatic heterocycles. The summed E-state index contributed by atoms with van der Waals surface area (Å²) in [7, 11) is -4.41. The molecular formula is C19H19F3N2O6S2. The highest BCUT2D eigenvalue weighted by molar-refractivity contribution is 8.01. The number of hydrogen-bond donors (Lipinski definition) is 3. The molecule has 2 aromatic carbocycles. The topological polar surface area (TPSA) is 128 Å². The number of aliphatic hydroxyl groups is 1. The van der Waals surface area contributed by atoms with Gasteiger partial charge in [-0.15, -0.1) is 0 Å². The lowest BCUT2D eigenvalue weighted by atomic mass is 10.1. The van der Waals surface area contributed by atoms with Gasteiger partial charge in [0.05, 0.1) is 10.8 Å². The summed E-state index contributed by atoms with van der Waals surface area (Å²) < 4.78 is 71.3. The van der Waals surface area contributed by atoms with Gasteiger partial charge in [-0.05, 0) is 41.8 Å². The van der Waals surface area contributed by atoms with Gasteiger partial charge in [-0.2, -0.15) is 21.6 Å². The van der Waals surface area contributed by atoms with Crippen molar-refractivity contribution in [1.82, 2.24) is 5.32 Å². The molecule has 4 N–H and O–H groups in total. The summed E-state index contributed by atoms with van der Waals surface area (Å²) in [5.41, 5.74) is -0.893. The number of amides is 1. The highest BCUT2D eigenvalue weighted by Crippen LogP contribution is 2.31. The van der Waals surface area contributed by atoms with Gasteiger partial charge in [-0.25, -0.2) is 9.32 Å². The molecule has 1 amide bonds. The molecule has 0 spiro atoms. The second-order valence-electron chi connectivity index (χ2n) is 6.84. The number of aliphatic hydroxyl groups excluding tert-OH is 1. The van der Waals surface area contributed by atoms with Crippen molar-refractivity contribution in [3.05, 3.63) is 65.2 Å². The van der Waals surface area contributed by atoms with E-state index < -0.39 is 39.0 Å². The van der Waals surface area contributed by atoms with Crippen LogP contribution in [0.1, 0.15) is 22.8 Å². The molecule has 2 aromatic rings. The molecular weight excluding hydrogens is 473 g/mol. The summed E-state index contributed by atoms with van der Waals surface area (Å²) >= 11 is 1.10. The fraction of sp³-hybridized carbons (Fsp3) is 0.316. The number of carbonyl (C=O) groups excluding carboxylic acids is 1. The maximum absolute atomic E-state index is 12.8. The molecule has 0 saturated carbocycles. The van der Waals surface area contributed by atoms with Crippen LogP contribution in [0.2, 0.25) is 0 Å². The quantitative estimate of drug-likeness (QED) is 0.515. The molecule has 1 fully saturated rings. The van der Waals surface area contributed by atoms with Gasteiger partial charge in [0, 0.05) is 0 Å². The van der Waals surface area contributed by atoms with Gasteiger partial charge in [-0.3, -0.25) is 4.79 Å². The molecule has 0 aliphatic carbocycles. The number of rotatable bonds is 8. The first-order valence-corrected chi connectivity index (χ1v) is 11.6. The number of nitrogens with one attached hydrogen (secondary N) is 1. The third kappa shape index (κ3) is 6.84. The Kier molecular flexibility index (Phi) is 7.35. The van der Waals surface area contributed by atoms with E-state index in [0.29, 0.717) is 12.2 Å². The molecule has 0 radical (unpaired) electrons. The number of ether oxygens (including phenoxy) is 1. The lowest BCUT2D eigenvalue weighted by Gasteiger charge is -2.18. The first-order chi connectivity index (χ1) is 14.9. The van der Waals surface area contributed by atoms with E-state index >= 15 is 0 Å². The maximum atomic E-state index is 12.8. The van der Waals surface area contributed by atoms with E-state index in [1.54, 1.807) is 24.3 Å². The third-order valence-corrected chi connectivity index (χ3v) is 6.04. The standard InChI is InChI=1S/C19H19F3N2O6S2/c20-19(21,22)13-5-3-12(4-6-13)15(30-32(23,27)28)10-29-14-7-1-11(2-8-14)9-16-17(25)24-18(26)31-16/h1-8,15-16,18,26H,9-10H2,(H,24,25)(H2,23,27,28). The number of hydrogen-bond acceptors (Lipinski definition) is 7. The Morgan fingerprint density at radius 1 is 1.12 bits per heavy atom. The third-order valence-electron chi connectivity index (χ3n) is 4.46. The molecule has 32 heavy (non-hydrogen) atoms. The molecule has 13 heteroatoms. The SMILES string of the molecule is NS(=O)(=O)OC(COc1ccc(CC2SC(O)NC2=O)cc1)c1ccc(C(F)(F)F)cc1. The summed E-state index contributed by atoms with van der Waals surface area (Å²) in [6.45, 7) is -0.339. The smallest absolute Gasteiger partial charge is 0.416 e. The van der Waals surface area contributed by atoms with Crippen molar-refractivity contribution >= 4 is 28.0 Å². The molecule has 8 nitrogen and oxygen atoms in total. The molecule has 1 saturated heterocycles. The zero-order valence-corrected chi connectivity index (χ0v) is 17.9. The fourth-order valence-electron chi connectivity index (χ4n) is 2.94. The highest BCUT2D eigenvalue weighted by Gasteiger charge is 2.32. The van der Waals surface area contributed by atoms with E-state index in [1.165, 1.54) is 0 Å². The van der Waals surface area contributed by atoms with Crippen LogP contribution in [0.25, 0.3) is 0 Å². The summed E-state index contributed by atoms with van der Waals surface area (Å²) in [6, 6.07) is 10.3. The average Bonchev–Trinajstić information content (AvgIpc) is 3.01. The molecule has 1 heterocycles. The number of carbonyl (C=O) groups is 1. The van der Waals surface area contributed by atoms with Crippen LogP contribution in [-0.2, 0) is 31.9 Å². The Bertz CT molecular complexity index is 1050. The first kappa shape index (κ1) is 24.3. The van der Waals surface area contributed by atoms with Crippen molar-refractivity contribution in [3.63, 3.8) is 0 Å². The van der Waals surface area contributed by atoms with Crippen LogP contribution in [0.5, 0.6) is 5.75 Å². The second-order valence-corrected chi connectivity index (χ2v) is 9.31. The van der Waals surface area contributed by atoms with Crippen LogP contribution in [0.4, 0.5) is 13.2 Å². The van der Waals surface area contributed by atoms with Crippen LogP contribution in [0, 0.1) is 0 Å². The van der Waals surface area contributed by atoms with Crippen molar-refractivity contribution in [2.75, 3.05) is 6.61 Å². The van der Waals surface area contributed by atoms with Crippen LogP contribution < -0.4 is 15.2 Å². The Labute approximate surface area is 186 Å². The Balaban J connectivity index is 1.66. The van der Waals surface area contributed by atoms with Crippen molar-refractivity contribution < 1.29 is 40.4 Å². The van der Waals surface area contributed by atoms with Crippen molar-refractivity contribution in [2.45, 2.75) is 29.5 Å².